The molecule has 2 atom stereocenters. The molecule has 0 spiro atoms. The number of benzene rings is 6. The normalized spacial score (nSPS) is 16.4. The molecule has 0 saturated heterocycles. The fraction of sp³-hybridized carbons (Fsp3) is 0.180. The van der Waals surface area contributed by atoms with E-state index >= 15 is 0 Å². The highest BCUT2D eigenvalue weighted by Gasteiger charge is 2.39. The maximum atomic E-state index is 11.3. The average Bonchev–Trinajstić information content (AvgIpc) is 3.68. The van der Waals surface area contributed by atoms with Crippen LogP contribution in [0.5, 0.6) is 5.75 Å². The van der Waals surface area contributed by atoms with E-state index in [4.69, 9.17) is 14.1 Å². The lowest BCUT2D eigenvalue weighted by atomic mass is 9.79. The Hall–Kier alpha value is -7.30. The van der Waals surface area contributed by atoms with Gasteiger partial charge in [0.15, 0.2) is 0 Å². The topological polar surface area (TPSA) is 49.2 Å². The zero-order chi connectivity index (χ0) is 47.5. The molecular formula is C61H55N3O. The van der Waals surface area contributed by atoms with Crippen LogP contribution in [0.15, 0.2) is 188 Å². The van der Waals surface area contributed by atoms with Gasteiger partial charge in [-0.15, -0.1) is 0 Å². The highest BCUT2D eigenvalue weighted by Crippen LogP contribution is 2.52. The first-order valence-corrected chi connectivity index (χ1v) is 22.5. The number of rotatable bonds is 7. The minimum absolute atomic E-state index is 0.105. The molecule has 320 valence electrons. The van der Waals surface area contributed by atoms with Gasteiger partial charge in [-0.3, -0.25) is 4.98 Å². The highest BCUT2D eigenvalue weighted by molar-refractivity contribution is 5.91. The van der Waals surface area contributed by atoms with Gasteiger partial charge in [0.1, 0.15) is 5.75 Å². The highest BCUT2D eigenvalue weighted by atomic mass is 16.3. The third-order valence-electron chi connectivity index (χ3n) is 12.9. The first-order valence-electron chi connectivity index (χ1n) is 24.0. The summed E-state index contributed by atoms with van der Waals surface area (Å²) < 4.78 is 24.8. The lowest BCUT2D eigenvalue weighted by Crippen LogP contribution is -2.28. The summed E-state index contributed by atoms with van der Waals surface area (Å²) in [6.45, 7) is 11.2. The van der Waals surface area contributed by atoms with E-state index in [0.717, 1.165) is 55.9 Å². The van der Waals surface area contributed by atoms with Crippen LogP contribution in [-0.4, -0.2) is 21.1 Å². The van der Waals surface area contributed by atoms with Crippen molar-refractivity contribution in [3.05, 3.63) is 210 Å². The van der Waals surface area contributed by atoms with E-state index in [1.165, 1.54) is 22.4 Å². The number of aryl methyl sites for hydroxylation is 1. The molecule has 65 heavy (non-hydrogen) atoms. The molecule has 1 aliphatic carbocycles. The van der Waals surface area contributed by atoms with E-state index in [2.05, 4.69) is 180 Å². The largest absolute Gasteiger partial charge is 0.507 e. The van der Waals surface area contributed by atoms with Crippen LogP contribution in [0.3, 0.4) is 0 Å². The van der Waals surface area contributed by atoms with Crippen molar-refractivity contribution in [1.29, 1.82) is 0 Å². The molecule has 1 aliphatic heterocycles. The van der Waals surface area contributed by atoms with Crippen molar-refractivity contribution in [2.45, 2.75) is 71.2 Å². The van der Waals surface area contributed by atoms with E-state index in [-0.39, 0.29) is 34.1 Å². The van der Waals surface area contributed by atoms with Gasteiger partial charge in [-0.1, -0.05) is 162 Å². The van der Waals surface area contributed by atoms with Gasteiger partial charge < -0.3 is 10.0 Å². The van der Waals surface area contributed by atoms with Gasteiger partial charge in [0.25, 0.3) is 0 Å². The molecule has 0 radical (unpaired) electrons. The van der Waals surface area contributed by atoms with Gasteiger partial charge in [0.05, 0.1) is 28.8 Å². The molecule has 3 heterocycles. The molecule has 8 aromatic rings. The molecule has 2 aromatic heterocycles. The first-order chi connectivity index (χ1) is 32.5. The second-order valence-electron chi connectivity index (χ2n) is 19.5. The molecule has 0 bridgehead atoms. The molecule has 4 nitrogen and oxygen atoms in total. The number of phenols is 1. The molecule has 0 fully saturated rings. The molecule has 1 N–H and O–H groups in total. The lowest BCUT2D eigenvalue weighted by Gasteiger charge is -2.29. The second kappa shape index (κ2) is 16.4. The first kappa shape index (κ1) is 38.2. The Bertz CT molecular complexity index is 3250. The number of fused-ring (bicyclic) bond motifs is 3. The van der Waals surface area contributed by atoms with E-state index < -0.39 is 6.85 Å². The second-order valence-corrected chi connectivity index (χ2v) is 19.5. The zero-order valence-electron chi connectivity index (χ0n) is 40.8. The van der Waals surface area contributed by atoms with Gasteiger partial charge in [-0.05, 0) is 129 Å². The van der Waals surface area contributed by atoms with Gasteiger partial charge >= 0.3 is 0 Å². The summed E-state index contributed by atoms with van der Waals surface area (Å²) in [5.41, 5.74) is 16.3. The summed E-state index contributed by atoms with van der Waals surface area (Å²) >= 11 is 0. The monoisotopic (exact) mass is 848 g/mol. The average molecular weight is 849 g/mol. The molecular weight excluding hydrogens is 791 g/mol. The molecule has 0 amide bonds. The molecule has 6 aromatic carbocycles. The van der Waals surface area contributed by atoms with Crippen molar-refractivity contribution < 1.29 is 9.22 Å². The number of para-hydroxylation sites is 3. The number of allylic oxidation sites excluding steroid dienone is 2. The van der Waals surface area contributed by atoms with E-state index in [9.17, 15) is 5.11 Å². The lowest BCUT2D eigenvalue weighted by molar-refractivity contribution is 0.477. The fourth-order valence-corrected chi connectivity index (χ4v) is 9.38. The van der Waals surface area contributed by atoms with Crippen LogP contribution in [-0.2, 0) is 10.8 Å². The Balaban J connectivity index is 1.18. The van der Waals surface area contributed by atoms with Crippen LogP contribution >= 0.6 is 0 Å². The summed E-state index contributed by atoms with van der Waals surface area (Å²) in [5.74, 6) is 0.353. The fourth-order valence-electron chi connectivity index (χ4n) is 9.38. The van der Waals surface area contributed by atoms with E-state index in [1.807, 2.05) is 36.5 Å². The third kappa shape index (κ3) is 8.10. The summed E-state index contributed by atoms with van der Waals surface area (Å²) in [6.07, 6.45) is 10.8. The Morgan fingerprint density at radius 3 is 1.91 bits per heavy atom. The number of hydrogen-bond donors (Lipinski definition) is 1. The van der Waals surface area contributed by atoms with Crippen LogP contribution in [0.25, 0.3) is 67.2 Å². The maximum Gasteiger partial charge on any atom is 0.124 e. The molecule has 0 saturated carbocycles. The van der Waals surface area contributed by atoms with E-state index in [0.29, 0.717) is 17.0 Å². The molecule has 2 aliphatic rings. The number of phenolic OH excluding ortho intramolecular Hbond substituents is 1. The van der Waals surface area contributed by atoms with Crippen LogP contribution in [0.4, 0.5) is 11.4 Å². The minimum atomic E-state index is -2.28. The van der Waals surface area contributed by atoms with Crippen molar-refractivity contribution in [2.75, 3.05) is 4.90 Å². The maximum absolute atomic E-state index is 11.3. The zero-order valence-corrected chi connectivity index (χ0v) is 37.8. The van der Waals surface area contributed by atoms with Gasteiger partial charge in [0, 0.05) is 44.2 Å². The van der Waals surface area contributed by atoms with Crippen LogP contribution in [0.1, 0.15) is 73.8 Å². The van der Waals surface area contributed by atoms with Crippen LogP contribution in [0, 0.1) is 6.85 Å². The van der Waals surface area contributed by atoms with Gasteiger partial charge in [-0.2, -0.15) is 0 Å². The molecule has 2 unspecified atom stereocenters. The van der Waals surface area contributed by atoms with Crippen molar-refractivity contribution in [3.63, 3.8) is 0 Å². The van der Waals surface area contributed by atoms with Gasteiger partial charge in [-0.25, -0.2) is 4.98 Å². The SMILES string of the molecule is [2H]C([2H])([2H])c1cccc(-c2cc(-c3cc(-c4cccc5c4N(c4ccccc4)C4C=CC=CC54)ccn3)cc(-c3cc(-c4cc(C(C)(C)C)cc(C(C)(C)C)c4)cc(-c4ccccc4O)n3)c2)c1. The minimum Gasteiger partial charge on any atom is -0.507 e. The number of pyridine rings is 2. The summed E-state index contributed by atoms with van der Waals surface area (Å²) in [4.78, 5) is 12.8. The van der Waals surface area contributed by atoms with Crippen LogP contribution < -0.4 is 4.90 Å². The Morgan fingerprint density at radius 2 is 1.15 bits per heavy atom. The number of aromatic nitrogens is 2. The molecule has 10 rings (SSSR count). The van der Waals surface area contributed by atoms with Crippen molar-refractivity contribution in [2.24, 2.45) is 0 Å². The molecule has 4 heteroatoms. The van der Waals surface area contributed by atoms with Crippen LogP contribution in [0.2, 0.25) is 0 Å². The number of nitrogens with zero attached hydrogens (tertiary/aromatic N) is 3. The Kier molecular flexibility index (Phi) is 9.61. The van der Waals surface area contributed by atoms with Crippen molar-refractivity contribution in [3.8, 4) is 72.9 Å². The van der Waals surface area contributed by atoms with Gasteiger partial charge in [0.2, 0.25) is 0 Å². The third-order valence-corrected chi connectivity index (χ3v) is 12.9. The standard InChI is InChI=1S/C61H55N3O/c1-39-17-15-18-40(29-39)42-30-45(54-35-41(27-28-62-54)50-23-16-24-52-51-21-11-13-25-57(51)64(59(50)52)49-19-9-8-10-20-49)32-46(31-42)55-36-44(37-56(63-55)53-22-12-14-26-58(53)65)43-33-47(60(2,3)4)38-48(34-43)61(5,6)7/h8-38,51,57,65H,1-7H3/i1D3. The predicted molar refractivity (Wildman–Crippen MR) is 272 cm³/mol. The smallest absolute Gasteiger partial charge is 0.124 e. The number of hydrogen-bond acceptors (Lipinski definition) is 4. The Morgan fingerprint density at radius 1 is 0.523 bits per heavy atom. The summed E-state index contributed by atoms with van der Waals surface area (Å²) in [7, 11) is 0. The van der Waals surface area contributed by atoms with Crippen molar-refractivity contribution >= 4 is 11.4 Å². The van der Waals surface area contributed by atoms with Crippen molar-refractivity contribution in [1.82, 2.24) is 9.97 Å². The Labute approximate surface area is 388 Å². The number of anilines is 2. The predicted octanol–water partition coefficient (Wildman–Crippen LogP) is 15.8. The summed E-state index contributed by atoms with van der Waals surface area (Å²) in [5, 5.41) is 11.3. The summed E-state index contributed by atoms with van der Waals surface area (Å²) in [6, 6.07) is 53.5. The van der Waals surface area contributed by atoms with E-state index in [1.54, 1.807) is 18.2 Å². The quantitative estimate of drug-likeness (QED) is 0.174. The number of aromatic hydroxyl groups is 1.